The van der Waals surface area contributed by atoms with E-state index in [-0.39, 0.29) is 17.1 Å². The number of carbonyl (C=O) groups is 1. The van der Waals surface area contributed by atoms with E-state index in [4.69, 9.17) is 21.1 Å². The second kappa shape index (κ2) is 8.93. The van der Waals surface area contributed by atoms with E-state index in [9.17, 15) is 13.2 Å². The molecule has 0 amide bonds. The van der Waals surface area contributed by atoms with Crippen LogP contribution in [-0.4, -0.2) is 26.5 Å². The van der Waals surface area contributed by atoms with Crippen LogP contribution in [0.5, 0.6) is 5.75 Å². The molecule has 3 rings (SSSR count). The lowest BCUT2D eigenvalue weighted by atomic mass is 10.2. The first-order valence-corrected chi connectivity index (χ1v) is 10.3. The number of hydrogen-bond acceptors (Lipinski definition) is 6. The standard InChI is InChI=1S/C20H17ClN2O5S/c1-27-17-8-6-16(7-9-17)23-29(25,26)18-4-2-3-15(11-18)20(24)28-13-14-5-10-19(21)22-12-14/h2-12,23H,13H2,1H3. The fraction of sp³-hybridized carbons (Fsp3) is 0.100. The molecule has 0 saturated heterocycles. The van der Waals surface area contributed by atoms with Crippen LogP contribution in [0, 0.1) is 0 Å². The smallest absolute Gasteiger partial charge is 0.338 e. The van der Waals surface area contributed by atoms with Gasteiger partial charge in [0.15, 0.2) is 0 Å². The minimum absolute atomic E-state index is 0.00984. The Morgan fingerprint density at radius 1 is 1.10 bits per heavy atom. The molecule has 1 heterocycles. The average Bonchev–Trinajstić information content (AvgIpc) is 2.73. The second-order valence-electron chi connectivity index (χ2n) is 5.93. The zero-order chi connectivity index (χ0) is 20.9. The summed E-state index contributed by atoms with van der Waals surface area (Å²) in [6.07, 6.45) is 1.50. The SMILES string of the molecule is COc1ccc(NS(=O)(=O)c2cccc(C(=O)OCc3ccc(Cl)nc3)c2)cc1. The van der Waals surface area contributed by atoms with E-state index < -0.39 is 16.0 Å². The van der Waals surface area contributed by atoms with Crippen molar-refractivity contribution in [1.82, 2.24) is 4.98 Å². The Morgan fingerprint density at radius 3 is 2.52 bits per heavy atom. The molecule has 0 bridgehead atoms. The third-order valence-corrected chi connectivity index (χ3v) is 5.48. The Hall–Kier alpha value is -3.10. The number of nitrogens with zero attached hydrogens (tertiary/aromatic N) is 1. The zero-order valence-corrected chi connectivity index (χ0v) is 16.9. The van der Waals surface area contributed by atoms with Crippen LogP contribution >= 0.6 is 11.6 Å². The first-order chi connectivity index (χ1) is 13.9. The van der Waals surface area contributed by atoms with Crippen LogP contribution in [0.4, 0.5) is 5.69 Å². The van der Waals surface area contributed by atoms with Gasteiger partial charge in [0.05, 0.1) is 17.6 Å². The summed E-state index contributed by atoms with van der Waals surface area (Å²) in [7, 11) is -2.36. The Bertz CT molecular complexity index is 1100. The van der Waals surface area contributed by atoms with Gasteiger partial charge in [0, 0.05) is 17.4 Å². The monoisotopic (exact) mass is 432 g/mol. The van der Waals surface area contributed by atoms with Crippen LogP contribution in [0.1, 0.15) is 15.9 Å². The number of rotatable bonds is 7. The van der Waals surface area contributed by atoms with E-state index in [0.717, 1.165) is 0 Å². The fourth-order valence-electron chi connectivity index (χ4n) is 2.39. The molecule has 0 atom stereocenters. The van der Waals surface area contributed by atoms with Gasteiger partial charge in [-0.25, -0.2) is 18.2 Å². The summed E-state index contributed by atoms with van der Waals surface area (Å²) < 4.78 is 38.0. The van der Waals surface area contributed by atoms with Crippen molar-refractivity contribution in [3.05, 3.63) is 83.1 Å². The van der Waals surface area contributed by atoms with Gasteiger partial charge < -0.3 is 9.47 Å². The molecule has 0 aliphatic heterocycles. The summed E-state index contributed by atoms with van der Waals surface area (Å²) in [5.74, 6) is -0.0463. The number of sulfonamides is 1. The van der Waals surface area contributed by atoms with E-state index in [2.05, 4.69) is 9.71 Å². The van der Waals surface area contributed by atoms with Crippen molar-refractivity contribution >= 4 is 33.3 Å². The molecule has 9 heteroatoms. The highest BCUT2D eigenvalue weighted by Gasteiger charge is 2.17. The van der Waals surface area contributed by atoms with Crippen LogP contribution < -0.4 is 9.46 Å². The summed E-state index contributed by atoms with van der Waals surface area (Å²) in [5, 5.41) is 0.336. The quantitative estimate of drug-likeness (QED) is 0.449. The molecule has 0 saturated carbocycles. The Labute approximate surface area is 173 Å². The van der Waals surface area contributed by atoms with Crippen molar-refractivity contribution in [2.24, 2.45) is 0 Å². The van der Waals surface area contributed by atoms with E-state index in [1.807, 2.05) is 0 Å². The molecule has 0 spiro atoms. The summed E-state index contributed by atoms with van der Waals surface area (Å²) in [4.78, 5) is 16.1. The lowest BCUT2D eigenvalue weighted by molar-refractivity contribution is 0.0472. The van der Waals surface area contributed by atoms with Crippen LogP contribution in [0.2, 0.25) is 5.15 Å². The highest BCUT2D eigenvalue weighted by Crippen LogP contribution is 2.20. The molecular formula is C20H17ClN2O5S. The highest BCUT2D eigenvalue weighted by atomic mass is 35.5. The number of hydrogen-bond donors (Lipinski definition) is 1. The van der Waals surface area contributed by atoms with Gasteiger partial charge in [0.1, 0.15) is 17.5 Å². The van der Waals surface area contributed by atoms with Crippen molar-refractivity contribution in [3.63, 3.8) is 0 Å². The molecule has 0 aliphatic rings. The zero-order valence-electron chi connectivity index (χ0n) is 15.3. The molecule has 3 aromatic rings. The molecule has 0 fully saturated rings. The minimum Gasteiger partial charge on any atom is -0.497 e. The number of ether oxygens (including phenoxy) is 2. The van der Waals surface area contributed by atoms with E-state index >= 15 is 0 Å². The molecular weight excluding hydrogens is 416 g/mol. The number of benzene rings is 2. The van der Waals surface area contributed by atoms with Crippen LogP contribution in [0.3, 0.4) is 0 Å². The van der Waals surface area contributed by atoms with E-state index in [1.165, 1.54) is 37.6 Å². The molecule has 150 valence electrons. The van der Waals surface area contributed by atoms with Crippen LogP contribution in [0.15, 0.2) is 71.8 Å². The van der Waals surface area contributed by atoms with Gasteiger partial charge in [-0.1, -0.05) is 23.7 Å². The molecule has 7 nitrogen and oxygen atoms in total. The second-order valence-corrected chi connectivity index (χ2v) is 8.00. The van der Waals surface area contributed by atoms with Crippen LogP contribution in [0.25, 0.3) is 0 Å². The maximum Gasteiger partial charge on any atom is 0.338 e. The molecule has 1 N–H and O–H groups in total. The van der Waals surface area contributed by atoms with Crippen LogP contribution in [-0.2, 0) is 21.4 Å². The minimum atomic E-state index is -3.88. The lowest BCUT2D eigenvalue weighted by Crippen LogP contribution is -2.14. The predicted octanol–water partition coefficient (Wildman–Crippen LogP) is 3.90. The van der Waals surface area contributed by atoms with Gasteiger partial charge in [0.2, 0.25) is 0 Å². The summed E-state index contributed by atoms with van der Waals surface area (Å²) in [6.45, 7) is -0.00984. The number of esters is 1. The maximum absolute atomic E-state index is 12.6. The first kappa shape index (κ1) is 20.6. The van der Waals surface area contributed by atoms with Gasteiger partial charge >= 0.3 is 5.97 Å². The highest BCUT2D eigenvalue weighted by molar-refractivity contribution is 7.92. The number of nitrogens with one attached hydrogen (secondary N) is 1. The van der Waals surface area contributed by atoms with Crippen molar-refractivity contribution in [3.8, 4) is 5.75 Å². The normalized spacial score (nSPS) is 11.0. The summed E-state index contributed by atoms with van der Waals surface area (Å²) in [5.41, 5.74) is 1.14. The largest absolute Gasteiger partial charge is 0.497 e. The van der Waals surface area contributed by atoms with Crippen molar-refractivity contribution in [2.75, 3.05) is 11.8 Å². The summed E-state index contributed by atoms with van der Waals surface area (Å²) >= 11 is 5.72. The first-order valence-electron chi connectivity index (χ1n) is 8.42. The van der Waals surface area contributed by atoms with Gasteiger partial charge in [0.25, 0.3) is 10.0 Å². The average molecular weight is 433 g/mol. The molecule has 0 unspecified atom stereocenters. The van der Waals surface area contributed by atoms with Crippen molar-refractivity contribution in [2.45, 2.75) is 11.5 Å². The third-order valence-electron chi connectivity index (χ3n) is 3.88. The Morgan fingerprint density at radius 2 is 1.86 bits per heavy atom. The predicted molar refractivity (Wildman–Crippen MR) is 109 cm³/mol. The summed E-state index contributed by atoms with van der Waals surface area (Å²) in [6, 6.07) is 15.3. The third kappa shape index (κ3) is 5.46. The Balaban J connectivity index is 1.71. The maximum atomic E-state index is 12.6. The van der Waals surface area contributed by atoms with Gasteiger partial charge in [-0.05, 0) is 48.5 Å². The molecule has 29 heavy (non-hydrogen) atoms. The number of halogens is 1. The molecule has 0 radical (unpaired) electrons. The fourth-order valence-corrected chi connectivity index (χ4v) is 3.60. The molecule has 0 aliphatic carbocycles. The van der Waals surface area contributed by atoms with Gasteiger partial charge in [-0.2, -0.15) is 0 Å². The van der Waals surface area contributed by atoms with Gasteiger partial charge in [-0.3, -0.25) is 4.72 Å². The number of methoxy groups -OCH3 is 1. The molecule has 1 aromatic heterocycles. The van der Waals surface area contributed by atoms with Crippen molar-refractivity contribution in [1.29, 1.82) is 0 Å². The van der Waals surface area contributed by atoms with E-state index in [1.54, 1.807) is 36.4 Å². The van der Waals surface area contributed by atoms with Crippen molar-refractivity contribution < 1.29 is 22.7 Å². The number of carbonyl (C=O) groups excluding carboxylic acids is 1. The van der Waals surface area contributed by atoms with E-state index in [0.29, 0.717) is 22.2 Å². The van der Waals surface area contributed by atoms with Gasteiger partial charge in [-0.15, -0.1) is 0 Å². The Kier molecular flexibility index (Phi) is 6.36. The lowest BCUT2D eigenvalue weighted by Gasteiger charge is -2.10. The topological polar surface area (TPSA) is 94.6 Å². The number of anilines is 1. The number of pyridine rings is 1. The molecule has 2 aromatic carbocycles. The number of aromatic nitrogens is 1.